The fourth-order valence-corrected chi connectivity index (χ4v) is 1.22. The zero-order chi connectivity index (χ0) is 11.2. The Kier molecular flexibility index (Phi) is 5.53. The maximum Gasteiger partial charge on any atom is 0.409 e. The number of nitrogens with two attached hydrogens (primary N) is 1. The van der Waals surface area contributed by atoms with Crippen molar-refractivity contribution in [3.05, 3.63) is 0 Å². The van der Waals surface area contributed by atoms with Crippen molar-refractivity contribution in [2.24, 2.45) is 11.1 Å². The van der Waals surface area contributed by atoms with Crippen molar-refractivity contribution < 1.29 is 9.53 Å². The summed E-state index contributed by atoms with van der Waals surface area (Å²) in [7, 11) is 1.40. The molecule has 0 spiro atoms. The van der Waals surface area contributed by atoms with E-state index in [0.717, 1.165) is 13.0 Å². The van der Waals surface area contributed by atoms with Crippen LogP contribution in [0.3, 0.4) is 0 Å². The Morgan fingerprint density at radius 1 is 1.50 bits per heavy atom. The molecule has 0 aromatic heterocycles. The van der Waals surface area contributed by atoms with Gasteiger partial charge in [-0.25, -0.2) is 4.79 Å². The van der Waals surface area contributed by atoms with E-state index in [0.29, 0.717) is 13.1 Å². The van der Waals surface area contributed by atoms with Crippen LogP contribution in [0.25, 0.3) is 0 Å². The first kappa shape index (κ1) is 13.2. The highest BCUT2D eigenvalue weighted by Gasteiger charge is 2.23. The van der Waals surface area contributed by atoms with Crippen molar-refractivity contribution in [3.8, 4) is 0 Å². The minimum Gasteiger partial charge on any atom is -0.453 e. The summed E-state index contributed by atoms with van der Waals surface area (Å²) in [5.74, 6) is 0. The second kappa shape index (κ2) is 5.86. The third-order valence-electron chi connectivity index (χ3n) is 2.10. The van der Waals surface area contributed by atoms with Gasteiger partial charge in [0.15, 0.2) is 0 Å². The van der Waals surface area contributed by atoms with Gasteiger partial charge >= 0.3 is 6.09 Å². The molecule has 0 unspecified atom stereocenters. The summed E-state index contributed by atoms with van der Waals surface area (Å²) in [6.45, 7) is 8.03. The fourth-order valence-electron chi connectivity index (χ4n) is 1.22. The number of methoxy groups -OCH3 is 1. The Bertz CT molecular complexity index is 181. The third-order valence-corrected chi connectivity index (χ3v) is 2.10. The van der Waals surface area contributed by atoms with Crippen molar-refractivity contribution in [2.45, 2.75) is 27.2 Å². The lowest BCUT2D eigenvalue weighted by molar-refractivity contribution is 0.106. The normalized spacial score (nSPS) is 11.2. The van der Waals surface area contributed by atoms with Crippen LogP contribution in [0.5, 0.6) is 0 Å². The number of rotatable bonds is 5. The smallest absolute Gasteiger partial charge is 0.409 e. The number of hydrogen-bond acceptors (Lipinski definition) is 3. The Balaban J connectivity index is 4.29. The Morgan fingerprint density at radius 3 is 2.43 bits per heavy atom. The molecule has 0 rings (SSSR count). The van der Waals surface area contributed by atoms with E-state index < -0.39 is 0 Å². The van der Waals surface area contributed by atoms with Gasteiger partial charge in [-0.1, -0.05) is 20.8 Å². The van der Waals surface area contributed by atoms with E-state index in [1.165, 1.54) is 7.11 Å². The predicted octanol–water partition coefficient (Wildman–Crippen LogP) is 1.45. The van der Waals surface area contributed by atoms with E-state index in [2.05, 4.69) is 0 Å². The maximum absolute atomic E-state index is 11.4. The van der Waals surface area contributed by atoms with E-state index in [1.807, 2.05) is 20.8 Å². The van der Waals surface area contributed by atoms with Crippen LogP contribution in [0, 0.1) is 5.41 Å². The maximum atomic E-state index is 11.4. The summed E-state index contributed by atoms with van der Waals surface area (Å²) >= 11 is 0. The minimum absolute atomic E-state index is 0.0522. The second-order valence-electron chi connectivity index (χ2n) is 4.26. The van der Waals surface area contributed by atoms with Crippen LogP contribution >= 0.6 is 0 Å². The molecule has 14 heavy (non-hydrogen) atoms. The van der Waals surface area contributed by atoms with Crippen molar-refractivity contribution >= 4 is 6.09 Å². The fraction of sp³-hybridized carbons (Fsp3) is 0.900. The predicted molar refractivity (Wildman–Crippen MR) is 57.1 cm³/mol. The van der Waals surface area contributed by atoms with Gasteiger partial charge in [0.1, 0.15) is 0 Å². The van der Waals surface area contributed by atoms with Crippen LogP contribution in [-0.2, 0) is 4.74 Å². The standard InChI is InChI=1S/C10H22N2O2/c1-5-6-12(9(13)14-4)8-10(2,3)7-11/h5-8,11H2,1-4H3. The zero-order valence-electron chi connectivity index (χ0n) is 9.67. The highest BCUT2D eigenvalue weighted by molar-refractivity contribution is 5.67. The average molecular weight is 202 g/mol. The summed E-state index contributed by atoms with van der Waals surface area (Å²) in [4.78, 5) is 13.1. The topological polar surface area (TPSA) is 55.6 Å². The first-order chi connectivity index (χ1) is 6.46. The molecule has 4 nitrogen and oxygen atoms in total. The van der Waals surface area contributed by atoms with Gasteiger partial charge < -0.3 is 15.4 Å². The molecule has 0 bridgehead atoms. The molecule has 0 heterocycles. The van der Waals surface area contributed by atoms with Gasteiger partial charge in [0.2, 0.25) is 0 Å². The summed E-state index contributed by atoms with van der Waals surface area (Å²) in [5, 5.41) is 0. The van der Waals surface area contributed by atoms with Gasteiger partial charge in [-0.3, -0.25) is 0 Å². The number of nitrogens with zero attached hydrogens (tertiary/aromatic N) is 1. The summed E-state index contributed by atoms with van der Waals surface area (Å²) in [6.07, 6.45) is 0.656. The van der Waals surface area contributed by atoms with Crippen LogP contribution < -0.4 is 5.73 Å². The minimum atomic E-state index is -0.270. The van der Waals surface area contributed by atoms with Crippen LogP contribution in [-0.4, -0.2) is 37.7 Å². The largest absolute Gasteiger partial charge is 0.453 e. The van der Waals surface area contributed by atoms with E-state index in [4.69, 9.17) is 10.5 Å². The van der Waals surface area contributed by atoms with Crippen LogP contribution in [0.15, 0.2) is 0 Å². The SMILES string of the molecule is CCCN(CC(C)(C)CN)C(=O)OC. The molecule has 0 radical (unpaired) electrons. The summed E-state index contributed by atoms with van der Waals surface area (Å²) < 4.78 is 4.70. The molecule has 0 atom stereocenters. The molecular formula is C10H22N2O2. The quantitative estimate of drug-likeness (QED) is 0.734. The number of ether oxygens (including phenoxy) is 1. The number of amides is 1. The molecule has 0 saturated carbocycles. The zero-order valence-corrected chi connectivity index (χ0v) is 9.67. The molecule has 0 aromatic rings. The van der Waals surface area contributed by atoms with Crippen LogP contribution in [0.4, 0.5) is 4.79 Å². The van der Waals surface area contributed by atoms with Gasteiger partial charge in [-0.15, -0.1) is 0 Å². The molecule has 84 valence electrons. The lowest BCUT2D eigenvalue weighted by atomic mass is 9.93. The number of hydrogen-bond donors (Lipinski definition) is 1. The molecule has 0 saturated heterocycles. The van der Waals surface area contributed by atoms with Crippen molar-refractivity contribution in [1.29, 1.82) is 0 Å². The van der Waals surface area contributed by atoms with Gasteiger partial charge in [0, 0.05) is 13.1 Å². The lowest BCUT2D eigenvalue weighted by Gasteiger charge is -2.30. The van der Waals surface area contributed by atoms with E-state index >= 15 is 0 Å². The highest BCUT2D eigenvalue weighted by Crippen LogP contribution is 2.15. The first-order valence-corrected chi connectivity index (χ1v) is 5.00. The van der Waals surface area contributed by atoms with Gasteiger partial charge in [0.05, 0.1) is 7.11 Å². The molecular weight excluding hydrogens is 180 g/mol. The lowest BCUT2D eigenvalue weighted by Crippen LogP contribution is -2.42. The number of carbonyl (C=O) groups is 1. The molecule has 0 aliphatic rings. The molecule has 0 aliphatic carbocycles. The van der Waals surface area contributed by atoms with Gasteiger partial charge in [0.25, 0.3) is 0 Å². The molecule has 0 aromatic carbocycles. The molecule has 1 amide bonds. The monoisotopic (exact) mass is 202 g/mol. The first-order valence-electron chi connectivity index (χ1n) is 5.00. The van der Waals surface area contributed by atoms with Crippen molar-refractivity contribution in [1.82, 2.24) is 4.90 Å². The molecule has 0 fully saturated rings. The second-order valence-corrected chi connectivity index (χ2v) is 4.26. The van der Waals surface area contributed by atoms with E-state index in [-0.39, 0.29) is 11.5 Å². The Labute approximate surface area is 86.4 Å². The summed E-state index contributed by atoms with van der Waals surface area (Å²) in [5.41, 5.74) is 5.56. The molecule has 2 N–H and O–H groups in total. The van der Waals surface area contributed by atoms with Gasteiger partial charge in [-0.2, -0.15) is 0 Å². The summed E-state index contributed by atoms with van der Waals surface area (Å²) in [6, 6.07) is 0. The van der Waals surface area contributed by atoms with E-state index in [1.54, 1.807) is 4.90 Å². The van der Waals surface area contributed by atoms with Crippen LogP contribution in [0.1, 0.15) is 27.2 Å². The Morgan fingerprint density at radius 2 is 2.07 bits per heavy atom. The molecule has 0 aliphatic heterocycles. The van der Waals surface area contributed by atoms with Crippen LogP contribution in [0.2, 0.25) is 0 Å². The average Bonchev–Trinajstić information content (AvgIpc) is 2.16. The van der Waals surface area contributed by atoms with Crippen molar-refractivity contribution in [2.75, 3.05) is 26.7 Å². The van der Waals surface area contributed by atoms with E-state index in [9.17, 15) is 4.79 Å². The Hall–Kier alpha value is -0.770. The molecule has 4 heteroatoms. The number of carbonyl (C=O) groups excluding carboxylic acids is 1. The van der Waals surface area contributed by atoms with Crippen molar-refractivity contribution in [3.63, 3.8) is 0 Å². The third kappa shape index (κ3) is 4.46. The highest BCUT2D eigenvalue weighted by atomic mass is 16.5. The van der Waals surface area contributed by atoms with Gasteiger partial charge in [-0.05, 0) is 18.4 Å².